The van der Waals surface area contributed by atoms with Crippen LogP contribution in [0.15, 0.2) is 77.0 Å². The number of methoxy groups -OCH3 is 1. The number of aromatic nitrogens is 5. The molecule has 9 heteroatoms. The van der Waals surface area contributed by atoms with Crippen molar-refractivity contribution in [3.05, 3.63) is 109 Å². The quantitative estimate of drug-likeness (QED) is 0.304. The minimum Gasteiger partial charge on any atom is -0.496 e. The molecule has 182 valence electrons. The maximum absolute atomic E-state index is 13.2. The Bertz CT molecular complexity index is 1850. The number of para-hydroxylation sites is 1. The van der Waals surface area contributed by atoms with E-state index < -0.39 is 0 Å². The Morgan fingerprint density at radius 3 is 2.59 bits per heavy atom. The van der Waals surface area contributed by atoms with Crippen LogP contribution in [0.2, 0.25) is 0 Å². The minimum absolute atomic E-state index is 0.201. The number of hydrogen-bond donors (Lipinski definition) is 0. The van der Waals surface area contributed by atoms with Gasteiger partial charge in [-0.05, 0) is 72.5 Å². The van der Waals surface area contributed by atoms with Crippen molar-refractivity contribution in [2.45, 2.75) is 6.92 Å². The highest BCUT2D eigenvalue weighted by Crippen LogP contribution is 2.29. The Morgan fingerprint density at radius 2 is 1.86 bits per heavy atom. The molecule has 6 aromatic rings. The van der Waals surface area contributed by atoms with Gasteiger partial charge in [0.05, 0.1) is 17.3 Å². The van der Waals surface area contributed by atoms with Crippen molar-refractivity contribution >= 4 is 45.9 Å². The van der Waals surface area contributed by atoms with E-state index in [0.29, 0.717) is 15.3 Å². The van der Waals surface area contributed by atoms with E-state index in [1.165, 1.54) is 15.9 Å². The normalized spacial score (nSPS) is 12.2. The lowest BCUT2D eigenvalue weighted by atomic mass is 10.0. The third-order valence-electron chi connectivity index (χ3n) is 5.86. The molecule has 6 rings (SSSR count). The van der Waals surface area contributed by atoms with Gasteiger partial charge in [-0.15, -0.1) is 16.4 Å². The Kier molecular flexibility index (Phi) is 5.99. The van der Waals surface area contributed by atoms with E-state index in [4.69, 9.17) is 9.84 Å². The molecule has 0 atom stereocenters. The highest BCUT2D eigenvalue weighted by molar-refractivity contribution is 7.15. The van der Waals surface area contributed by atoms with Gasteiger partial charge < -0.3 is 4.74 Å². The number of rotatable bonds is 6. The maximum Gasteiger partial charge on any atom is 0.291 e. The number of aryl methyl sites for hydroxylation is 1. The molecular weight excluding hydrogens is 502 g/mol. The molecule has 0 fully saturated rings. The first-order valence-electron chi connectivity index (χ1n) is 11.5. The first-order valence-corrected chi connectivity index (χ1v) is 13.2. The summed E-state index contributed by atoms with van der Waals surface area (Å²) in [5.41, 5.74) is 4.27. The van der Waals surface area contributed by atoms with Crippen LogP contribution in [-0.4, -0.2) is 31.5 Å². The zero-order valence-corrected chi connectivity index (χ0v) is 21.7. The van der Waals surface area contributed by atoms with Crippen molar-refractivity contribution in [2.24, 2.45) is 0 Å². The summed E-state index contributed by atoms with van der Waals surface area (Å²) >= 11 is 2.95. The molecule has 0 unspecified atom stereocenters. The zero-order chi connectivity index (χ0) is 25.4. The third-order valence-corrected chi connectivity index (χ3v) is 7.65. The smallest absolute Gasteiger partial charge is 0.291 e. The molecule has 4 aromatic heterocycles. The predicted molar refractivity (Wildman–Crippen MR) is 149 cm³/mol. The van der Waals surface area contributed by atoms with Crippen molar-refractivity contribution < 1.29 is 4.74 Å². The molecule has 7 nitrogen and oxygen atoms in total. The lowest BCUT2D eigenvalue weighted by Crippen LogP contribution is -2.23. The summed E-state index contributed by atoms with van der Waals surface area (Å²) in [6, 6.07) is 19.9. The van der Waals surface area contributed by atoms with E-state index in [2.05, 4.69) is 10.1 Å². The molecule has 0 aliphatic heterocycles. The van der Waals surface area contributed by atoms with Gasteiger partial charge in [-0.1, -0.05) is 35.6 Å². The van der Waals surface area contributed by atoms with Crippen LogP contribution in [-0.2, 0) is 0 Å². The molecule has 4 heterocycles. The minimum atomic E-state index is -0.201. The van der Waals surface area contributed by atoms with Gasteiger partial charge in [0.2, 0.25) is 4.96 Å². The fourth-order valence-corrected chi connectivity index (χ4v) is 5.58. The molecule has 0 N–H and O–H groups in total. The molecule has 0 amide bonds. The SMILES string of the molecule is COc1ccc(-c2nn(-c3ccccc3)cc2/C=c2\sc3nc(/C=C/c4cccs4)nn3c2=O)cc1C. The lowest BCUT2D eigenvalue weighted by Gasteiger charge is -2.06. The van der Waals surface area contributed by atoms with Gasteiger partial charge in [0.1, 0.15) is 11.4 Å². The maximum atomic E-state index is 13.2. The number of fused-ring (bicyclic) bond motifs is 1. The average molecular weight is 524 g/mol. The second-order valence-electron chi connectivity index (χ2n) is 8.33. The van der Waals surface area contributed by atoms with E-state index >= 15 is 0 Å². The standard InChI is InChI=1S/C28H21N5O2S2/c1-18-15-19(10-12-23(18)35-2)26-20(17-32(31-26)21-7-4-3-5-8-21)16-24-27(34)33-28(37-24)29-25(30-33)13-11-22-9-6-14-36-22/h3-17H,1-2H3/b13-11+,24-16-. The average Bonchev–Trinajstić information content (AvgIpc) is 3.70. The van der Waals surface area contributed by atoms with Gasteiger partial charge in [-0.25, -0.2) is 4.68 Å². The lowest BCUT2D eigenvalue weighted by molar-refractivity contribution is 0.412. The van der Waals surface area contributed by atoms with Crippen LogP contribution in [0.5, 0.6) is 5.75 Å². The topological polar surface area (TPSA) is 74.3 Å². The first-order chi connectivity index (χ1) is 18.1. The summed E-state index contributed by atoms with van der Waals surface area (Å²) in [6.45, 7) is 2.00. The van der Waals surface area contributed by atoms with E-state index in [9.17, 15) is 4.79 Å². The van der Waals surface area contributed by atoms with Crippen LogP contribution in [0.25, 0.3) is 40.1 Å². The van der Waals surface area contributed by atoms with Crippen molar-refractivity contribution in [2.75, 3.05) is 7.11 Å². The van der Waals surface area contributed by atoms with Gasteiger partial charge in [0, 0.05) is 22.2 Å². The van der Waals surface area contributed by atoms with Crippen LogP contribution in [0.1, 0.15) is 21.8 Å². The van der Waals surface area contributed by atoms with E-state index in [1.807, 2.05) is 102 Å². The summed E-state index contributed by atoms with van der Waals surface area (Å²) in [5.74, 6) is 1.32. The van der Waals surface area contributed by atoms with E-state index in [-0.39, 0.29) is 5.56 Å². The molecule has 37 heavy (non-hydrogen) atoms. The number of benzene rings is 2. The number of hydrogen-bond acceptors (Lipinski definition) is 7. The van der Waals surface area contributed by atoms with Crippen LogP contribution < -0.4 is 14.8 Å². The summed E-state index contributed by atoms with van der Waals surface area (Å²) < 4.78 is 9.17. The van der Waals surface area contributed by atoms with Crippen molar-refractivity contribution in [1.29, 1.82) is 0 Å². The molecule has 0 radical (unpaired) electrons. The largest absolute Gasteiger partial charge is 0.496 e. The summed E-state index contributed by atoms with van der Waals surface area (Å²) in [6.07, 6.45) is 7.58. The number of thiazole rings is 1. The van der Waals surface area contributed by atoms with Crippen molar-refractivity contribution in [3.8, 4) is 22.7 Å². The fourth-order valence-electron chi connectivity index (χ4n) is 4.06. The fraction of sp³-hybridized carbons (Fsp3) is 0.0714. The second-order valence-corrected chi connectivity index (χ2v) is 10.3. The van der Waals surface area contributed by atoms with Gasteiger partial charge in [0.25, 0.3) is 5.56 Å². The van der Waals surface area contributed by atoms with E-state index in [0.717, 1.165) is 38.7 Å². The molecule has 0 saturated heterocycles. The Hall–Kier alpha value is -4.34. The highest BCUT2D eigenvalue weighted by Gasteiger charge is 2.15. The monoisotopic (exact) mass is 523 g/mol. The molecule has 0 bridgehead atoms. The summed E-state index contributed by atoms with van der Waals surface area (Å²) in [4.78, 5) is 19.4. The number of ether oxygens (including phenoxy) is 1. The molecule has 2 aromatic carbocycles. The van der Waals surface area contributed by atoms with Crippen LogP contribution in [0.3, 0.4) is 0 Å². The molecule has 0 saturated carbocycles. The zero-order valence-electron chi connectivity index (χ0n) is 20.0. The summed E-state index contributed by atoms with van der Waals surface area (Å²) in [5, 5.41) is 11.3. The van der Waals surface area contributed by atoms with Gasteiger partial charge in [0.15, 0.2) is 5.82 Å². The second kappa shape index (κ2) is 9.61. The Labute approximate surface area is 220 Å². The third kappa shape index (κ3) is 4.50. The van der Waals surface area contributed by atoms with Crippen LogP contribution in [0.4, 0.5) is 0 Å². The Balaban J connectivity index is 1.45. The highest BCUT2D eigenvalue weighted by atomic mass is 32.1. The van der Waals surface area contributed by atoms with Gasteiger partial charge in [-0.3, -0.25) is 4.79 Å². The van der Waals surface area contributed by atoms with Crippen LogP contribution in [0, 0.1) is 6.92 Å². The molecular formula is C28H21N5O2S2. The Morgan fingerprint density at radius 1 is 1.00 bits per heavy atom. The van der Waals surface area contributed by atoms with Crippen molar-refractivity contribution in [3.63, 3.8) is 0 Å². The van der Waals surface area contributed by atoms with Gasteiger partial charge >= 0.3 is 0 Å². The van der Waals surface area contributed by atoms with Crippen molar-refractivity contribution in [1.82, 2.24) is 24.4 Å². The predicted octanol–water partition coefficient (Wildman–Crippen LogP) is 5.10. The number of nitrogens with zero attached hydrogens (tertiary/aromatic N) is 5. The first kappa shape index (κ1) is 23.1. The van der Waals surface area contributed by atoms with Gasteiger partial charge in [-0.2, -0.15) is 14.6 Å². The van der Waals surface area contributed by atoms with Crippen LogP contribution >= 0.6 is 22.7 Å². The summed E-state index contributed by atoms with van der Waals surface area (Å²) in [7, 11) is 1.66. The van der Waals surface area contributed by atoms with E-state index in [1.54, 1.807) is 18.4 Å². The molecule has 0 spiro atoms. The molecule has 0 aliphatic carbocycles. The number of thiophene rings is 1. The molecule has 0 aliphatic rings.